The highest BCUT2D eigenvalue weighted by Gasteiger charge is 2.30. The summed E-state index contributed by atoms with van der Waals surface area (Å²) in [6.45, 7) is 0.229. The molecule has 0 aromatic rings. The van der Waals surface area contributed by atoms with Gasteiger partial charge in [-0.3, -0.25) is 4.79 Å². The largest absolute Gasteiger partial charge is 0.464 e. The third kappa shape index (κ3) is 4.38. The van der Waals surface area contributed by atoms with E-state index in [4.69, 9.17) is 20.1 Å². The Labute approximate surface area is 94.5 Å². The van der Waals surface area contributed by atoms with Gasteiger partial charge in [0.2, 0.25) is 0 Å². The zero-order chi connectivity index (χ0) is 11.9. The molecule has 3 N–H and O–H groups in total. The fourth-order valence-electron chi connectivity index (χ4n) is 0.774. The lowest BCUT2D eigenvalue weighted by molar-refractivity contribution is -0.150. The van der Waals surface area contributed by atoms with Gasteiger partial charge in [0.25, 0.3) is 0 Å². The molecular formula is C9H18O5S. The van der Waals surface area contributed by atoms with Gasteiger partial charge in [-0.2, -0.15) is 12.6 Å². The Morgan fingerprint density at radius 2 is 1.80 bits per heavy atom. The molecule has 5 nitrogen and oxygen atoms in total. The molecule has 1 atom stereocenters. The second-order valence-corrected chi connectivity index (χ2v) is 4.13. The summed E-state index contributed by atoms with van der Waals surface area (Å²) in [6.07, 6.45) is 0.534. The maximum Gasteiger partial charge on any atom is 0.318 e. The third-order valence-corrected chi connectivity index (χ3v) is 2.76. The molecule has 1 unspecified atom stereocenters. The summed E-state index contributed by atoms with van der Waals surface area (Å²) in [5, 5.41) is 26.3. The van der Waals surface area contributed by atoms with E-state index in [0.717, 1.165) is 0 Å². The van der Waals surface area contributed by atoms with E-state index >= 15 is 0 Å². The molecule has 0 radical (unpaired) electrons. The van der Waals surface area contributed by atoms with Gasteiger partial charge in [-0.05, 0) is 6.42 Å². The molecule has 0 aliphatic heterocycles. The number of carbonyl (C=O) groups is 1. The predicted molar refractivity (Wildman–Crippen MR) is 57.7 cm³/mol. The minimum Gasteiger partial charge on any atom is -0.464 e. The van der Waals surface area contributed by atoms with Gasteiger partial charge >= 0.3 is 5.97 Å². The molecule has 90 valence electrons. The van der Waals surface area contributed by atoms with Crippen molar-refractivity contribution in [1.82, 2.24) is 0 Å². The number of aliphatic hydroxyl groups is 3. The summed E-state index contributed by atoms with van der Waals surface area (Å²) in [5.41, 5.74) is -1.17. The van der Waals surface area contributed by atoms with E-state index in [1.165, 1.54) is 0 Å². The van der Waals surface area contributed by atoms with Crippen molar-refractivity contribution in [3.63, 3.8) is 0 Å². The summed E-state index contributed by atoms with van der Waals surface area (Å²) in [4.78, 5) is 11.2. The quantitative estimate of drug-likeness (QED) is 0.345. The van der Waals surface area contributed by atoms with E-state index in [1.807, 2.05) is 0 Å². The van der Waals surface area contributed by atoms with E-state index in [-0.39, 0.29) is 6.61 Å². The lowest BCUT2D eigenvalue weighted by atomic mass is 9.93. The van der Waals surface area contributed by atoms with Gasteiger partial charge in [-0.15, -0.1) is 0 Å². The normalized spacial score (nSPS) is 13.7. The number of hydrogen-bond donors (Lipinski definition) is 4. The average Bonchev–Trinajstić information content (AvgIpc) is 2.30. The van der Waals surface area contributed by atoms with Crippen LogP contribution in [0.3, 0.4) is 0 Å². The highest BCUT2D eigenvalue weighted by atomic mass is 32.1. The van der Waals surface area contributed by atoms with Gasteiger partial charge in [0, 0.05) is 0 Å². The molecule has 0 aliphatic carbocycles. The van der Waals surface area contributed by atoms with Crippen LogP contribution in [0.25, 0.3) is 0 Å². The number of ether oxygens (including phenoxy) is 1. The summed E-state index contributed by atoms with van der Waals surface area (Å²) in [7, 11) is 0. The van der Waals surface area contributed by atoms with Gasteiger partial charge in [0.1, 0.15) is 6.61 Å². The Balaban J connectivity index is 4.16. The van der Waals surface area contributed by atoms with Crippen molar-refractivity contribution in [1.29, 1.82) is 0 Å². The van der Waals surface area contributed by atoms with Crippen LogP contribution in [0.15, 0.2) is 0 Å². The molecule has 0 rings (SSSR count). The first kappa shape index (κ1) is 14.7. The molecule has 0 saturated heterocycles. The molecule has 0 bridgehead atoms. The minimum absolute atomic E-state index is 0.216. The molecule has 0 heterocycles. The Bertz CT molecular complexity index is 185. The molecule has 0 amide bonds. The number of hydrogen-bond acceptors (Lipinski definition) is 6. The lowest BCUT2D eigenvalue weighted by Crippen LogP contribution is -2.40. The zero-order valence-electron chi connectivity index (χ0n) is 8.72. The molecular weight excluding hydrogens is 220 g/mol. The fraction of sp³-hybridized carbons (Fsp3) is 0.889. The van der Waals surface area contributed by atoms with E-state index in [0.29, 0.717) is 6.42 Å². The van der Waals surface area contributed by atoms with E-state index in [1.54, 1.807) is 6.92 Å². The molecule has 6 heteroatoms. The maximum absolute atomic E-state index is 11.2. The Morgan fingerprint density at radius 1 is 1.33 bits per heavy atom. The maximum atomic E-state index is 11.2. The first-order valence-electron chi connectivity index (χ1n) is 4.72. The molecule has 0 fully saturated rings. The fourth-order valence-corrected chi connectivity index (χ4v) is 0.849. The standard InChI is InChI=1S/C9H18O5S/c1-2-7(15)8(13)14-6-9(3-10,4-11)5-12/h7,10-12,15H,2-6H2,1H3. The minimum atomic E-state index is -1.17. The number of carbonyl (C=O) groups excluding carboxylic acids is 1. The number of rotatable bonds is 7. The highest BCUT2D eigenvalue weighted by molar-refractivity contribution is 7.81. The van der Waals surface area contributed by atoms with Crippen molar-refractivity contribution >= 4 is 18.6 Å². The average molecular weight is 238 g/mol. The lowest BCUT2D eigenvalue weighted by Gasteiger charge is -2.26. The Hall–Kier alpha value is -0.300. The van der Waals surface area contributed by atoms with Crippen LogP contribution in [0.5, 0.6) is 0 Å². The number of esters is 1. The van der Waals surface area contributed by atoms with Crippen LogP contribution >= 0.6 is 12.6 Å². The molecule has 0 aliphatic rings. The molecule has 0 aromatic heterocycles. The number of aliphatic hydroxyl groups excluding tert-OH is 3. The molecule has 0 spiro atoms. The van der Waals surface area contributed by atoms with Gasteiger partial charge in [0.05, 0.1) is 30.5 Å². The SMILES string of the molecule is CCC(S)C(=O)OCC(CO)(CO)CO. The van der Waals surface area contributed by atoms with E-state index in [2.05, 4.69) is 12.6 Å². The second kappa shape index (κ2) is 7.05. The van der Waals surface area contributed by atoms with Gasteiger partial charge in [-0.25, -0.2) is 0 Å². The summed E-state index contributed by atoms with van der Waals surface area (Å²) in [6, 6.07) is 0. The zero-order valence-corrected chi connectivity index (χ0v) is 9.61. The topological polar surface area (TPSA) is 87.0 Å². The first-order valence-corrected chi connectivity index (χ1v) is 5.24. The van der Waals surface area contributed by atoms with Gasteiger partial charge in [-0.1, -0.05) is 6.92 Å². The van der Waals surface area contributed by atoms with Crippen LogP contribution in [0.4, 0.5) is 0 Å². The monoisotopic (exact) mass is 238 g/mol. The summed E-state index contributed by atoms with van der Waals surface area (Å²) < 4.78 is 4.84. The van der Waals surface area contributed by atoms with Gasteiger partial charge in [0.15, 0.2) is 0 Å². The van der Waals surface area contributed by atoms with Crippen molar-refractivity contribution in [2.45, 2.75) is 18.6 Å². The molecule has 0 saturated carbocycles. The predicted octanol–water partition coefficient (Wildman–Crippen LogP) is -0.799. The molecule has 15 heavy (non-hydrogen) atoms. The van der Waals surface area contributed by atoms with E-state index in [9.17, 15) is 4.79 Å². The second-order valence-electron chi connectivity index (χ2n) is 3.51. The molecule has 0 aromatic carbocycles. The Kier molecular flexibility index (Phi) is 6.91. The van der Waals surface area contributed by atoms with Crippen LogP contribution in [0.1, 0.15) is 13.3 Å². The smallest absolute Gasteiger partial charge is 0.318 e. The highest BCUT2D eigenvalue weighted by Crippen LogP contribution is 2.16. The van der Waals surface area contributed by atoms with Crippen molar-refractivity contribution in [2.75, 3.05) is 26.4 Å². The van der Waals surface area contributed by atoms with Crippen LogP contribution in [0, 0.1) is 5.41 Å². The van der Waals surface area contributed by atoms with Crippen molar-refractivity contribution in [3.05, 3.63) is 0 Å². The Morgan fingerprint density at radius 3 is 2.13 bits per heavy atom. The van der Waals surface area contributed by atoms with Crippen LogP contribution in [0.2, 0.25) is 0 Å². The van der Waals surface area contributed by atoms with Crippen molar-refractivity contribution in [3.8, 4) is 0 Å². The van der Waals surface area contributed by atoms with Crippen LogP contribution in [-0.2, 0) is 9.53 Å². The van der Waals surface area contributed by atoms with Gasteiger partial charge < -0.3 is 20.1 Å². The first-order chi connectivity index (χ1) is 7.05. The van der Waals surface area contributed by atoms with Crippen LogP contribution < -0.4 is 0 Å². The summed E-state index contributed by atoms with van der Waals surface area (Å²) in [5.74, 6) is -0.513. The van der Waals surface area contributed by atoms with E-state index < -0.39 is 36.5 Å². The number of thiol groups is 1. The van der Waals surface area contributed by atoms with Crippen molar-refractivity contribution in [2.24, 2.45) is 5.41 Å². The van der Waals surface area contributed by atoms with Crippen LogP contribution in [-0.4, -0.2) is 53.0 Å². The third-order valence-electron chi connectivity index (χ3n) is 2.19. The summed E-state index contributed by atoms with van der Waals surface area (Å²) >= 11 is 3.98. The van der Waals surface area contributed by atoms with Crippen molar-refractivity contribution < 1.29 is 24.9 Å².